The second-order valence-corrected chi connectivity index (χ2v) is 6.50. The average Bonchev–Trinajstić information content (AvgIpc) is 2.70. The van der Waals surface area contributed by atoms with Gasteiger partial charge in [0.25, 0.3) is 11.2 Å². The highest BCUT2D eigenvalue weighted by Crippen LogP contribution is 2.26. The van der Waals surface area contributed by atoms with Gasteiger partial charge in [0.05, 0.1) is 21.7 Å². The van der Waals surface area contributed by atoms with Crippen LogP contribution in [-0.2, 0) is 19.5 Å². The zero-order valence-electron chi connectivity index (χ0n) is 14.7. The Morgan fingerprint density at radius 1 is 1.29 bits per heavy atom. The molecule has 0 bridgehead atoms. The molecule has 10 nitrogen and oxygen atoms in total. The van der Waals surface area contributed by atoms with E-state index < -0.39 is 4.92 Å². The number of nitrogens with zero attached hydrogens (tertiary/aromatic N) is 5. The number of hydrogen-bond acceptors (Lipinski definition) is 8. The van der Waals surface area contributed by atoms with Crippen molar-refractivity contribution < 1.29 is 10.0 Å². The van der Waals surface area contributed by atoms with Crippen LogP contribution in [0.2, 0.25) is 0 Å². The lowest BCUT2D eigenvalue weighted by Crippen LogP contribution is -2.35. The van der Waals surface area contributed by atoms with Crippen LogP contribution in [0, 0.1) is 10.1 Å². The SMILES string of the molecule is O=c1[nH]c(-c2cncnc2)nc2c1CN(Cc1cc([N+](=O)[O-])ccc1O)CC2. The molecule has 10 heteroatoms. The monoisotopic (exact) mass is 380 g/mol. The Kier molecular flexibility index (Phi) is 4.53. The highest BCUT2D eigenvalue weighted by atomic mass is 16.6. The molecule has 28 heavy (non-hydrogen) atoms. The molecule has 0 amide bonds. The summed E-state index contributed by atoms with van der Waals surface area (Å²) in [6, 6.07) is 3.92. The van der Waals surface area contributed by atoms with Crippen LogP contribution >= 0.6 is 0 Å². The maximum atomic E-state index is 12.6. The largest absolute Gasteiger partial charge is 0.508 e. The number of H-pyrrole nitrogens is 1. The van der Waals surface area contributed by atoms with Gasteiger partial charge in [-0.1, -0.05) is 0 Å². The summed E-state index contributed by atoms with van der Waals surface area (Å²) in [5.74, 6) is 0.414. The lowest BCUT2D eigenvalue weighted by molar-refractivity contribution is -0.385. The van der Waals surface area contributed by atoms with Gasteiger partial charge in [0, 0.05) is 56.1 Å². The van der Waals surface area contributed by atoms with Crippen LogP contribution in [0.5, 0.6) is 5.75 Å². The molecule has 3 aromatic rings. The minimum absolute atomic E-state index is 0.0112. The van der Waals surface area contributed by atoms with Crippen LogP contribution in [-0.4, -0.2) is 41.4 Å². The first-order chi connectivity index (χ1) is 13.5. The van der Waals surface area contributed by atoms with Crippen LogP contribution in [0.1, 0.15) is 16.8 Å². The molecule has 3 heterocycles. The summed E-state index contributed by atoms with van der Waals surface area (Å²) in [6.45, 7) is 1.24. The summed E-state index contributed by atoms with van der Waals surface area (Å²) in [7, 11) is 0. The molecular formula is C18H16N6O4. The predicted octanol–water partition coefficient (Wildman–Crippen LogP) is 1.40. The Balaban J connectivity index is 1.58. The second-order valence-electron chi connectivity index (χ2n) is 6.50. The van der Waals surface area contributed by atoms with Crippen molar-refractivity contribution in [2.45, 2.75) is 19.5 Å². The molecule has 0 spiro atoms. The number of benzene rings is 1. The van der Waals surface area contributed by atoms with Crippen LogP contribution in [0.3, 0.4) is 0 Å². The van der Waals surface area contributed by atoms with Crippen molar-refractivity contribution >= 4 is 5.69 Å². The number of nitrogens with one attached hydrogen (secondary N) is 1. The van der Waals surface area contributed by atoms with Gasteiger partial charge in [-0.05, 0) is 6.07 Å². The number of hydrogen-bond donors (Lipinski definition) is 2. The number of fused-ring (bicyclic) bond motifs is 1. The van der Waals surface area contributed by atoms with Gasteiger partial charge >= 0.3 is 0 Å². The Bertz CT molecular complexity index is 1100. The fraction of sp³-hybridized carbons (Fsp3) is 0.222. The molecule has 1 aromatic carbocycles. The van der Waals surface area contributed by atoms with Crippen molar-refractivity contribution in [2.75, 3.05) is 6.54 Å². The third-order valence-electron chi connectivity index (χ3n) is 4.65. The molecule has 0 fully saturated rings. The molecule has 1 aliphatic heterocycles. The quantitative estimate of drug-likeness (QED) is 0.512. The minimum atomic E-state index is -0.502. The zero-order valence-corrected chi connectivity index (χ0v) is 14.7. The first-order valence-electron chi connectivity index (χ1n) is 8.57. The van der Waals surface area contributed by atoms with Crippen molar-refractivity contribution in [2.24, 2.45) is 0 Å². The van der Waals surface area contributed by atoms with Gasteiger partial charge in [-0.15, -0.1) is 0 Å². The first-order valence-corrected chi connectivity index (χ1v) is 8.57. The molecule has 0 aliphatic carbocycles. The van der Waals surface area contributed by atoms with E-state index in [-0.39, 0.29) is 17.0 Å². The number of nitro benzene ring substituents is 1. The van der Waals surface area contributed by atoms with E-state index in [1.165, 1.54) is 24.5 Å². The van der Waals surface area contributed by atoms with E-state index in [9.17, 15) is 20.0 Å². The number of non-ortho nitro benzene ring substituents is 1. The minimum Gasteiger partial charge on any atom is -0.508 e. The molecule has 0 radical (unpaired) electrons. The number of aromatic hydroxyl groups is 1. The molecule has 0 saturated heterocycles. The standard InChI is InChI=1S/C18H16N6O4/c25-16-2-1-13(24(27)28)5-11(16)8-23-4-3-15-14(9-23)18(26)22-17(21-15)12-6-19-10-20-7-12/h1-2,5-7,10,25H,3-4,8-9H2,(H,21,22,26). The van der Waals surface area contributed by atoms with Crippen molar-refractivity contribution in [3.63, 3.8) is 0 Å². The summed E-state index contributed by atoms with van der Waals surface area (Å²) < 4.78 is 0. The number of phenols is 1. The molecule has 142 valence electrons. The highest BCUT2D eigenvalue weighted by Gasteiger charge is 2.23. The molecule has 0 atom stereocenters. The fourth-order valence-corrected chi connectivity index (χ4v) is 3.23. The van der Waals surface area contributed by atoms with Crippen molar-refractivity contribution in [3.05, 3.63) is 74.2 Å². The van der Waals surface area contributed by atoms with E-state index in [0.29, 0.717) is 54.3 Å². The summed E-state index contributed by atoms with van der Waals surface area (Å²) in [5, 5.41) is 21.0. The first kappa shape index (κ1) is 17.7. The molecule has 2 N–H and O–H groups in total. The summed E-state index contributed by atoms with van der Waals surface area (Å²) in [4.78, 5) is 40.1. The number of aromatic amines is 1. The van der Waals surface area contributed by atoms with E-state index >= 15 is 0 Å². The van der Waals surface area contributed by atoms with Crippen LogP contribution in [0.25, 0.3) is 11.4 Å². The van der Waals surface area contributed by atoms with E-state index in [1.54, 1.807) is 12.4 Å². The van der Waals surface area contributed by atoms with Crippen LogP contribution in [0.15, 0.2) is 41.7 Å². The van der Waals surface area contributed by atoms with E-state index in [2.05, 4.69) is 19.9 Å². The molecule has 4 rings (SSSR count). The number of nitro groups is 1. The maximum Gasteiger partial charge on any atom is 0.270 e. The topological polar surface area (TPSA) is 138 Å². The van der Waals surface area contributed by atoms with Gasteiger partial charge in [0.15, 0.2) is 0 Å². The van der Waals surface area contributed by atoms with Crippen LogP contribution < -0.4 is 5.56 Å². The molecule has 1 aliphatic rings. The van der Waals surface area contributed by atoms with Crippen molar-refractivity contribution in [3.8, 4) is 17.1 Å². The normalized spacial score (nSPS) is 13.9. The smallest absolute Gasteiger partial charge is 0.270 e. The third-order valence-corrected chi connectivity index (χ3v) is 4.65. The molecular weight excluding hydrogens is 364 g/mol. The van der Waals surface area contributed by atoms with Gasteiger partial charge in [-0.2, -0.15) is 0 Å². The van der Waals surface area contributed by atoms with E-state index in [0.717, 1.165) is 0 Å². The van der Waals surface area contributed by atoms with Gasteiger partial charge < -0.3 is 10.1 Å². The zero-order chi connectivity index (χ0) is 19.7. The Hall–Kier alpha value is -3.66. The van der Waals surface area contributed by atoms with Crippen molar-refractivity contribution in [1.82, 2.24) is 24.8 Å². The summed E-state index contributed by atoms with van der Waals surface area (Å²) >= 11 is 0. The summed E-state index contributed by atoms with van der Waals surface area (Å²) in [5.41, 5.74) is 2.02. The summed E-state index contributed by atoms with van der Waals surface area (Å²) in [6.07, 6.45) is 5.12. The Morgan fingerprint density at radius 3 is 2.82 bits per heavy atom. The molecule has 2 aromatic heterocycles. The lowest BCUT2D eigenvalue weighted by Gasteiger charge is -2.27. The van der Waals surface area contributed by atoms with Crippen molar-refractivity contribution in [1.29, 1.82) is 0 Å². The van der Waals surface area contributed by atoms with Gasteiger partial charge in [-0.25, -0.2) is 15.0 Å². The van der Waals surface area contributed by atoms with Crippen LogP contribution in [0.4, 0.5) is 5.69 Å². The number of rotatable bonds is 4. The number of aromatic nitrogens is 4. The van der Waals surface area contributed by atoms with E-state index in [1.807, 2.05) is 4.90 Å². The Labute approximate surface area is 158 Å². The van der Waals surface area contributed by atoms with Gasteiger partial charge in [-0.3, -0.25) is 19.8 Å². The predicted molar refractivity (Wildman–Crippen MR) is 98.5 cm³/mol. The van der Waals surface area contributed by atoms with Gasteiger partial charge in [0.2, 0.25) is 0 Å². The lowest BCUT2D eigenvalue weighted by atomic mass is 10.1. The fourth-order valence-electron chi connectivity index (χ4n) is 3.23. The molecule has 0 unspecified atom stereocenters. The Morgan fingerprint density at radius 2 is 2.07 bits per heavy atom. The van der Waals surface area contributed by atoms with E-state index in [4.69, 9.17) is 0 Å². The number of phenolic OH excluding ortho intramolecular Hbond substituents is 1. The average molecular weight is 380 g/mol. The highest BCUT2D eigenvalue weighted by molar-refractivity contribution is 5.52. The third kappa shape index (κ3) is 3.45. The second kappa shape index (κ2) is 7.16. The van der Waals surface area contributed by atoms with Gasteiger partial charge in [0.1, 0.15) is 17.9 Å². The molecule has 0 saturated carbocycles. The maximum absolute atomic E-state index is 12.6.